The second kappa shape index (κ2) is 7.60. The Morgan fingerprint density at radius 3 is 2.24 bits per heavy atom. The standard InChI is InChI=1S/C14H27ClN2/c15-9-4-10-17-11-7-14(8-12-17)16-13-5-2-1-3-6-13/h13-14,16H,1-12H2. The van der Waals surface area contributed by atoms with Gasteiger partial charge in [0.2, 0.25) is 0 Å². The first-order chi connectivity index (χ1) is 8.38. The third-order valence-electron chi connectivity index (χ3n) is 4.27. The van der Waals surface area contributed by atoms with Crippen LogP contribution in [0.5, 0.6) is 0 Å². The van der Waals surface area contributed by atoms with E-state index in [0.717, 1.165) is 24.4 Å². The first-order valence-corrected chi connectivity index (χ1v) is 7.96. The van der Waals surface area contributed by atoms with Crippen molar-refractivity contribution in [3.63, 3.8) is 0 Å². The minimum atomic E-state index is 0.783. The van der Waals surface area contributed by atoms with E-state index in [1.807, 2.05) is 0 Å². The van der Waals surface area contributed by atoms with Crippen molar-refractivity contribution in [2.24, 2.45) is 0 Å². The summed E-state index contributed by atoms with van der Waals surface area (Å²) in [4.78, 5) is 2.57. The highest BCUT2D eigenvalue weighted by molar-refractivity contribution is 6.17. The molecule has 1 aliphatic carbocycles. The number of alkyl halides is 1. The van der Waals surface area contributed by atoms with Crippen molar-refractivity contribution in [1.29, 1.82) is 0 Å². The molecule has 0 aromatic rings. The van der Waals surface area contributed by atoms with E-state index in [4.69, 9.17) is 11.6 Å². The van der Waals surface area contributed by atoms with Crippen LogP contribution in [-0.2, 0) is 0 Å². The minimum absolute atomic E-state index is 0.783. The molecular weight excluding hydrogens is 232 g/mol. The normalized spacial score (nSPS) is 25.2. The molecule has 0 radical (unpaired) electrons. The molecule has 1 saturated heterocycles. The van der Waals surface area contributed by atoms with Gasteiger partial charge in [0.15, 0.2) is 0 Å². The molecule has 2 fully saturated rings. The van der Waals surface area contributed by atoms with Gasteiger partial charge in [0.1, 0.15) is 0 Å². The second-order valence-corrected chi connectivity index (χ2v) is 6.04. The van der Waals surface area contributed by atoms with Crippen LogP contribution in [-0.4, -0.2) is 42.5 Å². The van der Waals surface area contributed by atoms with Crippen molar-refractivity contribution in [2.75, 3.05) is 25.5 Å². The van der Waals surface area contributed by atoms with Crippen molar-refractivity contribution in [2.45, 2.75) is 63.5 Å². The highest BCUT2D eigenvalue weighted by atomic mass is 35.5. The summed E-state index contributed by atoms with van der Waals surface area (Å²) in [5.74, 6) is 0.806. The molecule has 0 amide bonds. The van der Waals surface area contributed by atoms with Crippen LogP contribution < -0.4 is 5.32 Å². The first kappa shape index (κ1) is 13.6. The number of hydrogen-bond donors (Lipinski definition) is 1. The van der Waals surface area contributed by atoms with Gasteiger partial charge in [-0.15, -0.1) is 11.6 Å². The quantitative estimate of drug-likeness (QED) is 0.763. The number of nitrogens with zero attached hydrogens (tertiary/aromatic N) is 1. The number of likely N-dealkylation sites (tertiary alicyclic amines) is 1. The maximum atomic E-state index is 5.74. The molecular formula is C14H27ClN2. The summed E-state index contributed by atoms with van der Waals surface area (Å²) >= 11 is 5.74. The molecule has 0 bridgehead atoms. The molecule has 100 valence electrons. The summed E-state index contributed by atoms with van der Waals surface area (Å²) < 4.78 is 0. The van der Waals surface area contributed by atoms with Crippen LogP contribution in [0, 0.1) is 0 Å². The van der Waals surface area contributed by atoms with Crippen LogP contribution in [0.1, 0.15) is 51.4 Å². The highest BCUT2D eigenvalue weighted by Crippen LogP contribution is 2.20. The second-order valence-electron chi connectivity index (χ2n) is 5.66. The fraction of sp³-hybridized carbons (Fsp3) is 1.00. The molecule has 17 heavy (non-hydrogen) atoms. The van der Waals surface area contributed by atoms with Crippen LogP contribution in [0.3, 0.4) is 0 Å². The minimum Gasteiger partial charge on any atom is -0.311 e. The third kappa shape index (κ3) is 4.76. The van der Waals surface area contributed by atoms with Crippen LogP contribution in [0.2, 0.25) is 0 Å². The van der Waals surface area contributed by atoms with E-state index in [0.29, 0.717) is 0 Å². The molecule has 1 aliphatic heterocycles. The van der Waals surface area contributed by atoms with Gasteiger partial charge < -0.3 is 10.2 Å². The molecule has 2 rings (SSSR count). The average Bonchev–Trinajstić information content (AvgIpc) is 2.39. The SMILES string of the molecule is ClCCCN1CCC(NC2CCCCC2)CC1. The Hall–Kier alpha value is 0.210. The summed E-state index contributed by atoms with van der Waals surface area (Å²) in [7, 11) is 0. The monoisotopic (exact) mass is 258 g/mol. The number of hydrogen-bond acceptors (Lipinski definition) is 2. The molecule has 0 aromatic heterocycles. The Labute approximate surface area is 111 Å². The topological polar surface area (TPSA) is 15.3 Å². The predicted octanol–water partition coefficient (Wildman–Crippen LogP) is 3.00. The van der Waals surface area contributed by atoms with Gasteiger partial charge in [-0.05, 0) is 51.7 Å². The number of piperidine rings is 1. The summed E-state index contributed by atoms with van der Waals surface area (Å²) in [6.45, 7) is 3.72. The smallest absolute Gasteiger partial charge is 0.0235 e. The van der Waals surface area contributed by atoms with Gasteiger partial charge in [0, 0.05) is 18.0 Å². The van der Waals surface area contributed by atoms with Crippen molar-refractivity contribution < 1.29 is 0 Å². The first-order valence-electron chi connectivity index (χ1n) is 7.43. The largest absolute Gasteiger partial charge is 0.311 e. The molecule has 0 unspecified atom stereocenters. The van der Waals surface area contributed by atoms with Crippen molar-refractivity contribution in [1.82, 2.24) is 10.2 Å². The van der Waals surface area contributed by atoms with E-state index in [2.05, 4.69) is 10.2 Å². The molecule has 2 aliphatic rings. The van der Waals surface area contributed by atoms with Crippen molar-refractivity contribution in [3.8, 4) is 0 Å². The van der Waals surface area contributed by atoms with Crippen molar-refractivity contribution >= 4 is 11.6 Å². The van der Waals surface area contributed by atoms with E-state index in [-0.39, 0.29) is 0 Å². The molecule has 1 N–H and O–H groups in total. The van der Waals surface area contributed by atoms with E-state index >= 15 is 0 Å². The van der Waals surface area contributed by atoms with Gasteiger partial charge >= 0.3 is 0 Å². The fourth-order valence-electron chi connectivity index (χ4n) is 3.21. The number of nitrogens with one attached hydrogen (secondary N) is 1. The summed E-state index contributed by atoms with van der Waals surface area (Å²) in [5.41, 5.74) is 0. The molecule has 1 saturated carbocycles. The van der Waals surface area contributed by atoms with E-state index in [1.54, 1.807) is 0 Å². The predicted molar refractivity (Wildman–Crippen MR) is 74.8 cm³/mol. The zero-order valence-corrected chi connectivity index (χ0v) is 11.7. The zero-order chi connectivity index (χ0) is 11.9. The maximum Gasteiger partial charge on any atom is 0.0235 e. The Bertz CT molecular complexity index is 196. The Morgan fingerprint density at radius 1 is 0.941 bits per heavy atom. The van der Waals surface area contributed by atoms with Gasteiger partial charge in [-0.1, -0.05) is 19.3 Å². The van der Waals surface area contributed by atoms with Gasteiger partial charge in [-0.2, -0.15) is 0 Å². The zero-order valence-electron chi connectivity index (χ0n) is 11.0. The van der Waals surface area contributed by atoms with Crippen molar-refractivity contribution in [3.05, 3.63) is 0 Å². The number of halogens is 1. The fourth-order valence-corrected chi connectivity index (χ4v) is 3.33. The lowest BCUT2D eigenvalue weighted by atomic mass is 9.93. The molecule has 2 nitrogen and oxygen atoms in total. The Balaban J connectivity index is 1.61. The lowest BCUT2D eigenvalue weighted by Crippen LogP contribution is -2.46. The van der Waals surface area contributed by atoms with Gasteiger partial charge in [-0.3, -0.25) is 0 Å². The lowest BCUT2D eigenvalue weighted by molar-refractivity contribution is 0.184. The molecule has 0 atom stereocenters. The molecule has 0 aromatic carbocycles. The molecule has 0 spiro atoms. The molecule has 3 heteroatoms. The maximum absolute atomic E-state index is 5.74. The van der Waals surface area contributed by atoms with E-state index in [9.17, 15) is 0 Å². The Morgan fingerprint density at radius 2 is 1.59 bits per heavy atom. The van der Waals surface area contributed by atoms with Gasteiger partial charge in [0.05, 0.1) is 0 Å². The van der Waals surface area contributed by atoms with Crippen LogP contribution in [0.4, 0.5) is 0 Å². The highest BCUT2D eigenvalue weighted by Gasteiger charge is 2.22. The third-order valence-corrected chi connectivity index (χ3v) is 4.54. The van der Waals surface area contributed by atoms with Crippen LogP contribution in [0.25, 0.3) is 0 Å². The average molecular weight is 259 g/mol. The van der Waals surface area contributed by atoms with Gasteiger partial charge in [0.25, 0.3) is 0 Å². The lowest BCUT2D eigenvalue weighted by Gasteiger charge is -2.35. The molecule has 1 heterocycles. The summed E-state index contributed by atoms with van der Waals surface area (Å²) in [5, 5.41) is 3.88. The van der Waals surface area contributed by atoms with Crippen LogP contribution >= 0.6 is 11.6 Å². The summed E-state index contributed by atoms with van der Waals surface area (Å²) in [6, 6.07) is 1.61. The van der Waals surface area contributed by atoms with E-state index in [1.165, 1.54) is 64.6 Å². The number of rotatable bonds is 5. The Kier molecular flexibility index (Phi) is 6.10. The van der Waals surface area contributed by atoms with Crippen LogP contribution in [0.15, 0.2) is 0 Å². The van der Waals surface area contributed by atoms with E-state index < -0.39 is 0 Å². The summed E-state index contributed by atoms with van der Waals surface area (Å²) in [6.07, 6.45) is 11.0. The van der Waals surface area contributed by atoms with Gasteiger partial charge in [-0.25, -0.2) is 0 Å².